The normalized spacial score (nSPS) is 26.0. The van der Waals surface area contributed by atoms with Gasteiger partial charge >= 0.3 is 6.61 Å². The Morgan fingerprint density at radius 2 is 2.29 bits per heavy atom. The Morgan fingerprint density at radius 3 is 2.92 bits per heavy atom. The number of alkyl halides is 2. The average Bonchev–Trinajstić information content (AvgIpc) is 3.16. The summed E-state index contributed by atoms with van der Waals surface area (Å²) in [5.74, 6) is 0.776. The van der Waals surface area contributed by atoms with Crippen molar-refractivity contribution < 1.29 is 18.3 Å². The third-order valence-electron chi connectivity index (χ3n) is 4.34. The summed E-state index contributed by atoms with van der Waals surface area (Å²) in [6.07, 6.45) is 3.75. The highest BCUT2D eigenvalue weighted by atomic mass is 79.9. The summed E-state index contributed by atoms with van der Waals surface area (Å²) in [7, 11) is 1.68. The fraction of sp³-hybridized carbons (Fsp3) is 0.562. The van der Waals surface area contributed by atoms with Crippen LogP contribution in [0.5, 0.6) is 5.75 Å². The molecular weight excluding hydrogens is 384 g/mol. The third-order valence-corrected chi connectivity index (χ3v) is 4.83. The molecule has 24 heavy (non-hydrogen) atoms. The first kappa shape index (κ1) is 17.4. The molecule has 0 radical (unpaired) electrons. The van der Waals surface area contributed by atoms with Crippen molar-refractivity contribution in [1.82, 2.24) is 10.6 Å². The molecule has 3 atom stereocenters. The maximum absolute atomic E-state index is 12.5. The minimum Gasteiger partial charge on any atom is -0.434 e. The highest BCUT2D eigenvalue weighted by molar-refractivity contribution is 9.10. The van der Waals surface area contributed by atoms with Crippen LogP contribution < -0.4 is 15.4 Å². The van der Waals surface area contributed by atoms with Crippen molar-refractivity contribution in [2.75, 3.05) is 7.05 Å². The van der Waals surface area contributed by atoms with E-state index >= 15 is 0 Å². The molecule has 0 aromatic heterocycles. The molecule has 2 aliphatic rings. The number of halogens is 3. The highest BCUT2D eigenvalue weighted by Crippen LogP contribution is 2.34. The highest BCUT2D eigenvalue weighted by Gasteiger charge is 2.41. The molecule has 2 saturated heterocycles. The standard InChI is InChI=1S/C16H20BrF2N3O2/c1-20-16(22-12-7-11-3-5-14(12)23-11)21-8-9-6-10(17)2-4-13(9)24-15(18)19/h2,4,6,11-12,14-15H,3,5,7-8H2,1H3,(H2,20,21,22). The monoisotopic (exact) mass is 403 g/mol. The number of fused-ring (bicyclic) bond motifs is 2. The van der Waals surface area contributed by atoms with Crippen LogP contribution in [-0.2, 0) is 11.3 Å². The lowest BCUT2D eigenvalue weighted by Gasteiger charge is -2.23. The lowest BCUT2D eigenvalue weighted by atomic mass is 9.96. The van der Waals surface area contributed by atoms with E-state index in [0.717, 1.165) is 23.7 Å². The molecule has 0 amide bonds. The fourth-order valence-electron chi connectivity index (χ4n) is 3.24. The van der Waals surface area contributed by atoms with Gasteiger partial charge in [0.05, 0.1) is 18.2 Å². The largest absolute Gasteiger partial charge is 0.434 e. The molecule has 2 N–H and O–H groups in total. The molecule has 1 aromatic rings. The predicted octanol–water partition coefficient (Wildman–Crippen LogP) is 3.04. The Morgan fingerprint density at radius 1 is 1.46 bits per heavy atom. The van der Waals surface area contributed by atoms with E-state index in [1.165, 1.54) is 6.07 Å². The molecular formula is C16H20BrF2N3O2. The third kappa shape index (κ3) is 4.16. The smallest absolute Gasteiger partial charge is 0.387 e. The van der Waals surface area contributed by atoms with Crippen LogP contribution >= 0.6 is 15.9 Å². The van der Waals surface area contributed by atoms with Gasteiger partial charge in [-0.2, -0.15) is 8.78 Å². The van der Waals surface area contributed by atoms with Crippen molar-refractivity contribution in [3.05, 3.63) is 28.2 Å². The van der Waals surface area contributed by atoms with Crippen LogP contribution in [0.3, 0.4) is 0 Å². The number of benzene rings is 1. The first-order chi connectivity index (χ1) is 11.5. The topological polar surface area (TPSA) is 54.9 Å². The number of aliphatic imine (C=N–C) groups is 1. The molecule has 2 fully saturated rings. The number of nitrogens with zero attached hydrogens (tertiary/aromatic N) is 1. The van der Waals surface area contributed by atoms with Crippen LogP contribution in [0, 0.1) is 0 Å². The Kier molecular flexibility index (Phi) is 5.55. The molecule has 0 saturated carbocycles. The minimum atomic E-state index is -2.85. The molecule has 2 bridgehead atoms. The second kappa shape index (κ2) is 7.65. The zero-order valence-corrected chi connectivity index (χ0v) is 14.9. The summed E-state index contributed by atoms with van der Waals surface area (Å²) in [6.45, 7) is -2.53. The van der Waals surface area contributed by atoms with E-state index in [0.29, 0.717) is 24.2 Å². The lowest BCUT2D eigenvalue weighted by Crippen LogP contribution is -2.47. The predicted molar refractivity (Wildman–Crippen MR) is 90.4 cm³/mol. The number of hydrogen-bond donors (Lipinski definition) is 2. The summed E-state index contributed by atoms with van der Waals surface area (Å²) in [6, 6.07) is 5.18. The van der Waals surface area contributed by atoms with Crippen molar-refractivity contribution >= 4 is 21.9 Å². The van der Waals surface area contributed by atoms with Crippen LogP contribution in [0.1, 0.15) is 24.8 Å². The Balaban J connectivity index is 1.60. The minimum absolute atomic E-state index is 0.152. The van der Waals surface area contributed by atoms with Gasteiger partial charge in [-0.05, 0) is 37.5 Å². The summed E-state index contributed by atoms with van der Waals surface area (Å²) in [4.78, 5) is 4.20. The molecule has 0 aliphatic carbocycles. The van der Waals surface area contributed by atoms with Gasteiger partial charge in [0.15, 0.2) is 5.96 Å². The van der Waals surface area contributed by atoms with Crippen LogP contribution in [0.15, 0.2) is 27.7 Å². The first-order valence-corrected chi connectivity index (χ1v) is 8.70. The number of ether oxygens (including phenoxy) is 2. The summed E-state index contributed by atoms with van der Waals surface area (Å²) in [5.41, 5.74) is 0.622. The van der Waals surface area contributed by atoms with Crippen LogP contribution in [0.2, 0.25) is 0 Å². The van der Waals surface area contributed by atoms with Gasteiger partial charge in [0.25, 0.3) is 0 Å². The van der Waals surface area contributed by atoms with E-state index in [9.17, 15) is 8.78 Å². The zero-order valence-electron chi connectivity index (χ0n) is 13.3. The van der Waals surface area contributed by atoms with Crippen molar-refractivity contribution in [3.63, 3.8) is 0 Å². The molecule has 5 nitrogen and oxygen atoms in total. The lowest BCUT2D eigenvalue weighted by molar-refractivity contribution is -0.0504. The van der Waals surface area contributed by atoms with Crippen LogP contribution in [0.4, 0.5) is 8.78 Å². The van der Waals surface area contributed by atoms with E-state index in [1.807, 2.05) is 0 Å². The van der Waals surface area contributed by atoms with E-state index in [1.54, 1.807) is 19.2 Å². The molecule has 2 aliphatic heterocycles. The number of hydrogen-bond acceptors (Lipinski definition) is 3. The van der Waals surface area contributed by atoms with Gasteiger partial charge in [-0.3, -0.25) is 4.99 Å². The number of nitrogens with one attached hydrogen (secondary N) is 2. The number of rotatable bonds is 5. The Labute approximate surface area is 147 Å². The average molecular weight is 404 g/mol. The van der Waals surface area contributed by atoms with Gasteiger partial charge in [0.1, 0.15) is 5.75 Å². The van der Waals surface area contributed by atoms with E-state index in [-0.39, 0.29) is 17.9 Å². The van der Waals surface area contributed by atoms with Crippen molar-refractivity contribution in [2.45, 2.75) is 50.7 Å². The van der Waals surface area contributed by atoms with Gasteiger partial charge in [-0.15, -0.1) is 0 Å². The van der Waals surface area contributed by atoms with Gasteiger partial charge in [-0.25, -0.2) is 0 Å². The summed E-state index contributed by atoms with van der Waals surface area (Å²) < 4.78 is 36.2. The molecule has 3 rings (SSSR count). The molecule has 0 spiro atoms. The Hall–Kier alpha value is -1.41. The van der Waals surface area contributed by atoms with Crippen LogP contribution in [-0.4, -0.2) is 37.9 Å². The quantitative estimate of drug-likeness (QED) is 0.585. The zero-order chi connectivity index (χ0) is 17.1. The Bertz CT molecular complexity index is 615. The number of guanidine groups is 1. The van der Waals surface area contributed by atoms with Crippen LogP contribution in [0.25, 0.3) is 0 Å². The van der Waals surface area contributed by atoms with Crippen molar-refractivity contribution in [1.29, 1.82) is 0 Å². The second-order valence-corrected chi connectivity index (χ2v) is 6.83. The first-order valence-electron chi connectivity index (χ1n) is 7.91. The van der Waals surface area contributed by atoms with Crippen molar-refractivity contribution in [3.8, 4) is 5.75 Å². The maximum Gasteiger partial charge on any atom is 0.387 e. The fourth-order valence-corrected chi connectivity index (χ4v) is 3.64. The van der Waals surface area contributed by atoms with E-state index in [4.69, 9.17) is 4.74 Å². The maximum atomic E-state index is 12.5. The van der Waals surface area contributed by atoms with Gasteiger partial charge < -0.3 is 20.1 Å². The molecule has 2 heterocycles. The van der Waals surface area contributed by atoms with Gasteiger partial charge in [0.2, 0.25) is 0 Å². The summed E-state index contributed by atoms with van der Waals surface area (Å²) in [5, 5.41) is 6.51. The second-order valence-electron chi connectivity index (χ2n) is 5.92. The van der Waals surface area contributed by atoms with Crippen molar-refractivity contribution in [2.24, 2.45) is 4.99 Å². The molecule has 3 unspecified atom stereocenters. The summed E-state index contributed by atoms with van der Waals surface area (Å²) >= 11 is 3.35. The van der Waals surface area contributed by atoms with Gasteiger partial charge in [0, 0.05) is 23.6 Å². The molecule has 132 valence electrons. The molecule has 1 aromatic carbocycles. The van der Waals surface area contributed by atoms with Gasteiger partial charge in [-0.1, -0.05) is 15.9 Å². The van der Waals surface area contributed by atoms with E-state index < -0.39 is 6.61 Å². The SMILES string of the molecule is CN=C(NCc1cc(Br)ccc1OC(F)F)NC1CC2CCC1O2. The molecule has 8 heteroatoms. The van der Waals surface area contributed by atoms with E-state index in [2.05, 4.69) is 36.3 Å².